The van der Waals surface area contributed by atoms with Crippen molar-refractivity contribution in [2.75, 3.05) is 13.1 Å². The van der Waals surface area contributed by atoms with E-state index >= 15 is 0 Å². The van der Waals surface area contributed by atoms with Gasteiger partial charge >= 0.3 is 0 Å². The molecule has 0 saturated carbocycles. The number of rotatable bonds is 4. The van der Waals surface area contributed by atoms with Crippen LogP contribution in [-0.2, 0) is 6.42 Å². The molecule has 2 aromatic carbocycles. The number of hydrogen-bond acceptors (Lipinski definition) is 3. The lowest BCUT2D eigenvalue weighted by atomic mass is 9.95. The van der Waals surface area contributed by atoms with Crippen LogP contribution in [0, 0.1) is 0 Å². The van der Waals surface area contributed by atoms with E-state index < -0.39 is 0 Å². The third-order valence-electron chi connectivity index (χ3n) is 6.00. The molecule has 1 atom stereocenters. The van der Waals surface area contributed by atoms with Crippen molar-refractivity contribution in [1.29, 1.82) is 0 Å². The molecule has 3 heterocycles. The number of nitrogens with one attached hydrogen (secondary N) is 1. The largest absolute Gasteiger partial charge is 0.361 e. The molecule has 138 valence electrons. The summed E-state index contributed by atoms with van der Waals surface area (Å²) in [5, 5.41) is 2.70. The number of H-pyrrole nitrogens is 1. The van der Waals surface area contributed by atoms with E-state index in [2.05, 4.69) is 71.5 Å². The Morgan fingerprint density at radius 3 is 2.74 bits per heavy atom. The summed E-state index contributed by atoms with van der Waals surface area (Å²) in [5.74, 6) is 0.624. The minimum atomic E-state index is 0.570. The van der Waals surface area contributed by atoms with E-state index in [4.69, 9.17) is 4.98 Å². The zero-order chi connectivity index (χ0) is 18.2. The van der Waals surface area contributed by atoms with Gasteiger partial charge in [-0.25, -0.2) is 4.98 Å². The number of piperidine rings is 1. The van der Waals surface area contributed by atoms with Crippen LogP contribution in [0.5, 0.6) is 0 Å². The lowest BCUT2D eigenvalue weighted by Gasteiger charge is -2.35. The van der Waals surface area contributed by atoms with Gasteiger partial charge in [0.15, 0.2) is 0 Å². The third kappa shape index (κ3) is 3.28. The van der Waals surface area contributed by atoms with E-state index in [0.717, 1.165) is 11.9 Å². The summed E-state index contributed by atoms with van der Waals surface area (Å²) in [6.45, 7) is 4.72. The molecule has 0 amide bonds. The molecular formula is C23H25N3S. The maximum absolute atomic E-state index is 4.90. The van der Waals surface area contributed by atoms with Gasteiger partial charge in [0.25, 0.3) is 0 Å². The van der Waals surface area contributed by atoms with Gasteiger partial charge in [0, 0.05) is 29.1 Å². The number of nitrogens with zero attached hydrogens (tertiary/aromatic N) is 2. The first kappa shape index (κ1) is 17.0. The number of aromatic amines is 1. The van der Waals surface area contributed by atoms with Gasteiger partial charge < -0.3 is 9.88 Å². The Kier molecular flexibility index (Phi) is 4.46. The van der Waals surface area contributed by atoms with Gasteiger partial charge in [-0.3, -0.25) is 0 Å². The number of para-hydroxylation sites is 2. The van der Waals surface area contributed by atoms with Crippen LogP contribution in [0.1, 0.15) is 36.3 Å². The highest BCUT2D eigenvalue weighted by molar-refractivity contribution is 7.18. The van der Waals surface area contributed by atoms with Crippen LogP contribution in [0.4, 0.5) is 0 Å². The number of benzene rings is 2. The Labute approximate surface area is 164 Å². The van der Waals surface area contributed by atoms with Crippen LogP contribution in [0.2, 0.25) is 0 Å². The number of thiazole rings is 1. The Balaban J connectivity index is 1.24. The molecule has 1 aliphatic heterocycles. The van der Waals surface area contributed by atoms with Gasteiger partial charge in [-0.2, -0.15) is 0 Å². The fourth-order valence-electron chi connectivity index (χ4n) is 4.40. The van der Waals surface area contributed by atoms with E-state index in [1.165, 1.54) is 52.1 Å². The standard InChI is InChI=1S/C23H25N3S/c1-16(14-18-15-24-20-7-3-2-6-19(18)20)26-12-10-17(11-13-26)23-25-21-8-4-5-9-22(21)27-23/h2-9,15-17,24H,10-14H2,1H3/t16-/m0/s1. The first-order valence-corrected chi connectivity index (χ1v) is 10.7. The van der Waals surface area contributed by atoms with Crippen LogP contribution in [0.25, 0.3) is 21.1 Å². The highest BCUT2D eigenvalue weighted by atomic mass is 32.1. The SMILES string of the molecule is C[C@@H](Cc1c[nH]c2ccccc12)N1CCC(c2nc3ccccc3s2)CC1. The van der Waals surface area contributed by atoms with Gasteiger partial charge in [0.1, 0.15) is 0 Å². The van der Waals surface area contributed by atoms with Gasteiger partial charge in [0.2, 0.25) is 0 Å². The molecule has 5 rings (SSSR count). The predicted molar refractivity (Wildman–Crippen MR) is 115 cm³/mol. The molecule has 1 aliphatic rings. The summed E-state index contributed by atoms with van der Waals surface area (Å²) in [5.41, 5.74) is 3.84. The van der Waals surface area contributed by atoms with Crippen molar-refractivity contribution in [3.63, 3.8) is 0 Å². The molecule has 0 aliphatic carbocycles. The first-order chi connectivity index (χ1) is 13.3. The van der Waals surface area contributed by atoms with Crippen molar-refractivity contribution in [3.05, 3.63) is 65.3 Å². The lowest BCUT2D eigenvalue weighted by molar-refractivity contribution is 0.161. The average molecular weight is 376 g/mol. The molecule has 3 nitrogen and oxygen atoms in total. The third-order valence-corrected chi connectivity index (χ3v) is 7.20. The monoisotopic (exact) mass is 375 g/mol. The zero-order valence-electron chi connectivity index (χ0n) is 15.7. The summed E-state index contributed by atoms with van der Waals surface area (Å²) < 4.78 is 1.32. The van der Waals surface area contributed by atoms with E-state index in [9.17, 15) is 0 Å². The fourth-order valence-corrected chi connectivity index (χ4v) is 5.54. The molecular weight excluding hydrogens is 350 g/mol. The topological polar surface area (TPSA) is 31.9 Å². The molecule has 2 aromatic heterocycles. The number of fused-ring (bicyclic) bond motifs is 2. The highest BCUT2D eigenvalue weighted by Crippen LogP contribution is 2.34. The molecule has 0 unspecified atom stereocenters. The number of hydrogen-bond donors (Lipinski definition) is 1. The first-order valence-electron chi connectivity index (χ1n) is 9.92. The van der Waals surface area contributed by atoms with Crippen LogP contribution < -0.4 is 0 Å². The summed E-state index contributed by atoms with van der Waals surface area (Å²) in [7, 11) is 0. The Hall–Kier alpha value is -2.17. The van der Waals surface area contributed by atoms with Crippen molar-refractivity contribution in [2.24, 2.45) is 0 Å². The Morgan fingerprint density at radius 1 is 1.11 bits per heavy atom. The minimum absolute atomic E-state index is 0.570. The zero-order valence-corrected chi connectivity index (χ0v) is 16.5. The normalized spacial score (nSPS) is 17.7. The van der Waals surface area contributed by atoms with E-state index in [-0.39, 0.29) is 0 Å². The summed E-state index contributed by atoms with van der Waals surface area (Å²) in [4.78, 5) is 11.0. The minimum Gasteiger partial charge on any atom is -0.361 e. The number of aromatic nitrogens is 2. The van der Waals surface area contributed by atoms with Crippen LogP contribution in [0.15, 0.2) is 54.7 Å². The smallest absolute Gasteiger partial charge is 0.0970 e. The molecule has 1 fully saturated rings. The van der Waals surface area contributed by atoms with Gasteiger partial charge in [-0.15, -0.1) is 11.3 Å². The van der Waals surface area contributed by atoms with Crippen molar-refractivity contribution in [2.45, 2.75) is 38.1 Å². The molecule has 27 heavy (non-hydrogen) atoms. The molecule has 1 saturated heterocycles. The molecule has 0 spiro atoms. The van der Waals surface area contributed by atoms with Crippen LogP contribution >= 0.6 is 11.3 Å². The average Bonchev–Trinajstić information content (AvgIpc) is 3.32. The second-order valence-electron chi connectivity index (χ2n) is 7.74. The van der Waals surface area contributed by atoms with Crippen molar-refractivity contribution in [3.8, 4) is 0 Å². The maximum atomic E-state index is 4.90. The van der Waals surface area contributed by atoms with E-state index in [1.807, 2.05) is 11.3 Å². The van der Waals surface area contributed by atoms with Crippen molar-refractivity contribution >= 4 is 32.5 Å². The van der Waals surface area contributed by atoms with Gasteiger partial charge in [-0.05, 0) is 63.0 Å². The maximum Gasteiger partial charge on any atom is 0.0970 e. The highest BCUT2D eigenvalue weighted by Gasteiger charge is 2.26. The second-order valence-corrected chi connectivity index (χ2v) is 8.80. The van der Waals surface area contributed by atoms with Crippen molar-refractivity contribution in [1.82, 2.24) is 14.9 Å². The molecule has 4 aromatic rings. The Bertz CT molecular complexity index is 1020. The second kappa shape index (κ2) is 7.10. The molecule has 0 radical (unpaired) electrons. The van der Waals surface area contributed by atoms with E-state index in [0.29, 0.717) is 12.0 Å². The van der Waals surface area contributed by atoms with Gasteiger partial charge in [-0.1, -0.05) is 30.3 Å². The van der Waals surface area contributed by atoms with E-state index in [1.54, 1.807) is 0 Å². The molecule has 0 bridgehead atoms. The van der Waals surface area contributed by atoms with Crippen LogP contribution in [0.3, 0.4) is 0 Å². The Morgan fingerprint density at radius 2 is 1.89 bits per heavy atom. The summed E-state index contributed by atoms with van der Waals surface area (Å²) in [6, 6.07) is 17.7. The lowest BCUT2D eigenvalue weighted by Crippen LogP contribution is -2.40. The molecule has 1 N–H and O–H groups in total. The van der Waals surface area contributed by atoms with Crippen LogP contribution in [-0.4, -0.2) is 34.0 Å². The molecule has 4 heteroatoms. The summed E-state index contributed by atoms with van der Waals surface area (Å²) in [6.07, 6.45) is 5.74. The predicted octanol–water partition coefficient (Wildman–Crippen LogP) is 5.59. The van der Waals surface area contributed by atoms with Crippen molar-refractivity contribution < 1.29 is 0 Å². The summed E-state index contributed by atoms with van der Waals surface area (Å²) >= 11 is 1.88. The fraction of sp³-hybridized carbons (Fsp3) is 0.348. The van der Waals surface area contributed by atoms with Gasteiger partial charge in [0.05, 0.1) is 15.2 Å². The quantitative estimate of drug-likeness (QED) is 0.504. The number of likely N-dealkylation sites (tertiary alicyclic amines) is 1.